The average molecular weight is 344 g/mol. The van der Waals surface area contributed by atoms with E-state index in [0.717, 1.165) is 11.1 Å². The summed E-state index contributed by atoms with van der Waals surface area (Å²) in [5.74, 6) is 0.0947. The van der Waals surface area contributed by atoms with Crippen LogP contribution in [0, 0.1) is 24.0 Å². The summed E-state index contributed by atoms with van der Waals surface area (Å²) in [7, 11) is 1.43. The van der Waals surface area contributed by atoms with E-state index in [0.29, 0.717) is 11.4 Å². The number of methoxy groups -OCH3 is 1. The molecule has 2 aromatic rings. The molecule has 0 aliphatic carbocycles. The maximum atomic E-state index is 12.4. The molecule has 2 aromatic carbocycles. The smallest absolute Gasteiger partial charge is 0.273 e. The summed E-state index contributed by atoms with van der Waals surface area (Å²) < 4.78 is 10.7. The van der Waals surface area contributed by atoms with Crippen LogP contribution in [0.4, 0.5) is 11.4 Å². The van der Waals surface area contributed by atoms with Crippen molar-refractivity contribution in [3.8, 4) is 11.5 Å². The Labute approximate surface area is 145 Å². The molecule has 0 unspecified atom stereocenters. The number of carbonyl (C=O) groups excluding carboxylic acids is 1. The normalized spacial score (nSPS) is 11.5. The van der Waals surface area contributed by atoms with Crippen LogP contribution in [-0.4, -0.2) is 24.0 Å². The summed E-state index contributed by atoms with van der Waals surface area (Å²) in [4.78, 5) is 22.7. The molecule has 0 fully saturated rings. The second-order valence-electron chi connectivity index (χ2n) is 5.66. The first-order valence-corrected chi connectivity index (χ1v) is 7.69. The van der Waals surface area contributed by atoms with Gasteiger partial charge in [0.15, 0.2) is 17.6 Å². The van der Waals surface area contributed by atoms with Gasteiger partial charge in [-0.1, -0.05) is 17.7 Å². The van der Waals surface area contributed by atoms with Crippen LogP contribution in [-0.2, 0) is 4.79 Å². The van der Waals surface area contributed by atoms with Crippen molar-refractivity contribution < 1.29 is 19.2 Å². The molecule has 0 aliphatic heterocycles. The van der Waals surface area contributed by atoms with Crippen LogP contribution in [0.15, 0.2) is 36.4 Å². The second kappa shape index (κ2) is 7.65. The highest BCUT2D eigenvalue weighted by Gasteiger charge is 2.20. The standard InChI is InChI=1S/C18H20N2O5/c1-11-5-7-15(12(2)9-11)19-18(21)13(3)25-17-10-14(20(22)23)6-8-16(17)24-4/h5-10,13H,1-4H3,(H,19,21)/t13-/m0/s1. The fourth-order valence-corrected chi connectivity index (χ4v) is 2.30. The van der Waals surface area contributed by atoms with Crippen LogP contribution in [0.2, 0.25) is 0 Å². The maximum absolute atomic E-state index is 12.4. The van der Waals surface area contributed by atoms with Gasteiger partial charge in [0.05, 0.1) is 18.1 Å². The van der Waals surface area contributed by atoms with Crippen molar-refractivity contribution in [2.75, 3.05) is 12.4 Å². The molecule has 1 amide bonds. The van der Waals surface area contributed by atoms with Gasteiger partial charge < -0.3 is 14.8 Å². The minimum Gasteiger partial charge on any atom is -0.493 e. The van der Waals surface area contributed by atoms with Gasteiger partial charge in [-0.15, -0.1) is 0 Å². The zero-order valence-corrected chi connectivity index (χ0v) is 14.5. The first kappa shape index (κ1) is 18.3. The van der Waals surface area contributed by atoms with Crippen molar-refractivity contribution in [1.82, 2.24) is 0 Å². The Morgan fingerprint density at radius 3 is 2.48 bits per heavy atom. The molecule has 0 aliphatic rings. The van der Waals surface area contributed by atoms with Crippen molar-refractivity contribution in [3.63, 3.8) is 0 Å². The van der Waals surface area contributed by atoms with Crippen LogP contribution in [0.5, 0.6) is 11.5 Å². The molecular formula is C18H20N2O5. The number of aryl methyl sites for hydroxylation is 2. The van der Waals surface area contributed by atoms with Gasteiger partial charge in [0.25, 0.3) is 11.6 Å². The molecule has 7 nitrogen and oxygen atoms in total. The van der Waals surface area contributed by atoms with E-state index in [1.54, 1.807) is 6.92 Å². The van der Waals surface area contributed by atoms with Crippen LogP contribution in [0.1, 0.15) is 18.1 Å². The van der Waals surface area contributed by atoms with Gasteiger partial charge in [0.1, 0.15) is 0 Å². The van der Waals surface area contributed by atoms with Crippen molar-refractivity contribution >= 4 is 17.3 Å². The summed E-state index contributed by atoms with van der Waals surface area (Å²) in [6.07, 6.45) is -0.864. The lowest BCUT2D eigenvalue weighted by molar-refractivity contribution is -0.385. The van der Waals surface area contributed by atoms with Crippen molar-refractivity contribution in [3.05, 3.63) is 57.6 Å². The van der Waals surface area contributed by atoms with Crippen LogP contribution >= 0.6 is 0 Å². The highest BCUT2D eigenvalue weighted by molar-refractivity contribution is 5.94. The largest absolute Gasteiger partial charge is 0.493 e. The number of ether oxygens (including phenoxy) is 2. The third-order valence-electron chi connectivity index (χ3n) is 3.67. The number of amides is 1. The molecule has 7 heteroatoms. The molecule has 132 valence electrons. The van der Waals surface area contributed by atoms with Gasteiger partial charge in [-0.05, 0) is 38.5 Å². The summed E-state index contributed by atoms with van der Waals surface area (Å²) in [6, 6.07) is 9.67. The summed E-state index contributed by atoms with van der Waals surface area (Å²) in [5, 5.41) is 13.7. The summed E-state index contributed by atoms with van der Waals surface area (Å²) in [6.45, 7) is 5.44. The number of hydrogen-bond acceptors (Lipinski definition) is 5. The predicted octanol–water partition coefficient (Wildman–Crippen LogP) is 3.63. The molecule has 0 bridgehead atoms. The Kier molecular flexibility index (Phi) is 5.59. The zero-order chi connectivity index (χ0) is 18.6. The Morgan fingerprint density at radius 1 is 1.16 bits per heavy atom. The van der Waals surface area contributed by atoms with E-state index in [4.69, 9.17) is 9.47 Å². The fraction of sp³-hybridized carbons (Fsp3) is 0.278. The topological polar surface area (TPSA) is 90.7 Å². The Balaban J connectivity index is 2.15. The minimum atomic E-state index is -0.864. The number of nitrogens with one attached hydrogen (secondary N) is 1. The number of hydrogen-bond donors (Lipinski definition) is 1. The highest BCUT2D eigenvalue weighted by Crippen LogP contribution is 2.32. The van der Waals surface area contributed by atoms with E-state index in [-0.39, 0.29) is 17.3 Å². The molecule has 0 aromatic heterocycles. The Bertz CT molecular complexity index is 804. The number of rotatable bonds is 6. The van der Waals surface area contributed by atoms with Crippen molar-refractivity contribution in [1.29, 1.82) is 0 Å². The fourth-order valence-electron chi connectivity index (χ4n) is 2.30. The number of nitro benzene ring substituents is 1. The number of nitro groups is 1. The van der Waals surface area contributed by atoms with E-state index in [9.17, 15) is 14.9 Å². The number of anilines is 1. The molecule has 0 radical (unpaired) electrons. The first-order chi connectivity index (χ1) is 11.8. The number of benzene rings is 2. The molecule has 0 spiro atoms. The van der Waals surface area contributed by atoms with Crippen LogP contribution in [0.25, 0.3) is 0 Å². The van der Waals surface area contributed by atoms with E-state index in [1.807, 2.05) is 32.0 Å². The molecule has 1 N–H and O–H groups in total. The Hall–Kier alpha value is -3.09. The van der Waals surface area contributed by atoms with E-state index in [2.05, 4.69) is 5.32 Å². The van der Waals surface area contributed by atoms with Gasteiger partial charge >= 0.3 is 0 Å². The quantitative estimate of drug-likeness (QED) is 0.638. The highest BCUT2D eigenvalue weighted by atomic mass is 16.6. The van der Waals surface area contributed by atoms with E-state index < -0.39 is 11.0 Å². The number of non-ortho nitro benzene ring substituents is 1. The van der Waals surface area contributed by atoms with Crippen molar-refractivity contribution in [2.24, 2.45) is 0 Å². The van der Waals surface area contributed by atoms with E-state index in [1.165, 1.54) is 25.3 Å². The van der Waals surface area contributed by atoms with E-state index >= 15 is 0 Å². The second-order valence-corrected chi connectivity index (χ2v) is 5.66. The van der Waals surface area contributed by atoms with Crippen molar-refractivity contribution in [2.45, 2.75) is 26.9 Å². The number of nitrogens with zero attached hydrogens (tertiary/aromatic N) is 1. The average Bonchev–Trinajstić information content (AvgIpc) is 2.57. The minimum absolute atomic E-state index is 0.139. The van der Waals surface area contributed by atoms with Gasteiger partial charge in [-0.25, -0.2) is 0 Å². The molecular weight excluding hydrogens is 324 g/mol. The van der Waals surface area contributed by atoms with Crippen LogP contribution in [0.3, 0.4) is 0 Å². The lowest BCUT2D eigenvalue weighted by atomic mass is 10.1. The van der Waals surface area contributed by atoms with Gasteiger partial charge in [-0.2, -0.15) is 0 Å². The molecule has 0 saturated carbocycles. The lowest BCUT2D eigenvalue weighted by Gasteiger charge is -2.17. The molecule has 0 saturated heterocycles. The third kappa shape index (κ3) is 4.47. The lowest BCUT2D eigenvalue weighted by Crippen LogP contribution is -2.30. The monoisotopic (exact) mass is 344 g/mol. The third-order valence-corrected chi connectivity index (χ3v) is 3.67. The zero-order valence-electron chi connectivity index (χ0n) is 14.5. The van der Waals surface area contributed by atoms with Gasteiger partial charge in [0, 0.05) is 11.8 Å². The SMILES string of the molecule is COc1ccc([N+](=O)[O-])cc1O[C@@H](C)C(=O)Nc1ccc(C)cc1C. The van der Waals surface area contributed by atoms with Crippen LogP contribution < -0.4 is 14.8 Å². The van der Waals surface area contributed by atoms with Gasteiger partial charge in [0.2, 0.25) is 0 Å². The van der Waals surface area contributed by atoms with Gasteiger partial charge in [-0.3, -0.25) is 14.9 Å². The summed E-state index contributed by atoms with van der Waals surface area (Å²) in [5.41, 5.74) is 2.59. The predicted molar refractivity (Wildman–Crippen MR) is 94.3 cm³/mol. The Morgan fingerprint density at radius 2 is 1.88 bits per heavy atom. The first-order valence-electron chi connectivity index (χ1n) is 7.69. The molecule has 1 atom stereocenters. The molecule has 2 rings (SSSR count). The maximum Gasteiger partial charge on any atom is 0.273 e. The molecule has 25 heavy (non-hydrogen) atoms. The number of carbonyl (C=O) groups is 1. The molecule has 0 heterocycles. The summed E-state index contributed by atoms with van der Waals surface area (Å²) >= 11 is 0.